The van der Waals surface area contributed by atoms with Crippen LogP contribution in [-0.4, -0.2) is 55.6 Å². The van der Waals surface area contributed by atoms with Crippen LogP contribution in [0.4, 0.5) is 11.6 Å². The molecule has 20 heteroatoms. The van der Waals surface area contributed by atoms with Crippen molar-refractivity contribution in [3.8, 4) is 17.6 Å². The fourth-order valence-electron chi connectivity index (χ4n) is 5.75. The highest BCUT2D eigenvalue weighted by Crippen LogP contribution is 2.29. The van der Waals surface area contributed by atoms with Crippen LogP contribution in [0.5, 0.6) is 11.6 Å². The molecule has 314 valence electrons. The van der Waals surface area contributed by atoms with E-state index in [4.69, 9.17) is 44.3 Å². The molecule has 0 aliphatic carbocycles. The number of carbonyl (C=O) groups is 1. The molecular weight excluding hydrogens is 851 g/mol. The molecular formula is C41H37Cl3N10O7. The number of hydrogen-bond acceptors (Lipinski definition) is 12. The molecule has 0 spiro atoms. The van der Waals surface area contributed by atoms with Gasteiger partial charge in [-0.3, -0.25) is 9.13 Å². The Labute approximate surface area is 362 Å². The van der Waals surface area contributed by atoms with E-state index in [1.54, 1.807) is 99.9 Å². The summed E-state index contributed by atoms with van der Waals surface area (Å²) in [6.45, 7) is 6.26. The molecule has 3 aromatic carbocycles. The number of pyridine rings is 1. The minimum atomic E-state index is -0.653. The van der Waals surface area contributed by atoms with E-state index in [1.165, 1.54) is 26.1 Å². The molecule has 0 saturated carbocycles. The van der Waals surface area contributed by atoms with Crippen molar-refractivity contribution in [1.82, 2.24) is 43.0 Å². The zero-order chi connectivity index (χ0) is 43.6. The molecule has 4 heterocycles. The number of anilines is 2. The summed E-state index contributed by atoms with van der Waals surface area (Å²) in [6, 6.07) is 24.0. The van der Waals surface area contributed by atoms with E-state index in [2.05, 4.69) is 25.4 Å². The molecule has 0 atom stereocenters. The van der Waals surface area contributed by atoms with Gasteiger partial charge < -0.3 is 14.8 Å². The van der Waals surface area contributed by atoms with Crippen molar-refractivity contribution in [3.63, 3.8) is 0 Å². The number of ether oxygens (including phenoxy) is 2. The zero-order valence-corrected chi connectivity index (χ0v) is 35.1. The van der Waals surface area contributed by atoms with E-state index >= 15 is 0 Å². The van der Waals surface area contributed by atoms with E-state index < -0.39 is 28.7 Å². The SMILES string of the molecule is CCOC(=O)c1cnc(Oc2ccc(Nc3nc(=O)n(CC)c(=O)n3Cc3ccc(Cl)cc3)cc2)c(Cl)c1.CCn1c(=O)nc(-n2cccn2)n(Cc2ccc(Cl)cc2)c1=O. The van der Waals surface area contributed by atoms with Crippen LogP contribution >= 0.6 is 34.8 Å². The van der Waals surface area contributed by atoms with Gasteiger partial charge in [0.15, 0.2) is 0 Å². The maximum absolute atomic E-state index is 13.0. The van der Waals surface area contributed by atoms with E-state index in [-0.39, 0.29) is 61.1 Å². The normalized spacial score (nSPS) is 10.8. The van der Waals surface area contributed by atoms with Gasteiger partial charge in [-0.05, 0) is 92.6 Å². The molecule has 0 radical (unpaired) electrons. The van der Waals surface area contributed by atoms with Crippen LogP contribution in [0.1, 0.15) is 42.3 Å². The fraction of sp³-hybridized carbons (Fsp3) is 0.195. The standard InChI is InChI=1S/C26H23Cl2N5O5.C15H14ClN5O2/c1-3-32-25(35)31-24(33(26(32)36)15-16-5-7-18(27)8-6-16)30-19-9-11-20(12-10-19)38-22-21(28)13-17(14-29-22)23(34)37-4-2;1-2-19-14(22)18-13(21-9-3-8-17-21)20(15(19)23)10-11-4-6-12(16)7-5-11/h5-14H,3-4,15H2,1-2H3,(H,30,31,35);3-9H,2,10H2,1H3. The Morgan fingerprint density at radius 3 is 1.84 bits per heavy atom. The maximum atomic E-state index is 13.0. The van der Waals surface area contributed by atoms with Crippen LogP contribution in [0, 0.1) is 0 Å². The van der Waals surface area contributed by atoms with Gasteiger partial charge in [0.05, 0.1) is 25.3 Å². The lowest BCUT2D eigenvalue weighted by molar-refractivity contribution is 0.0526. The third kappa shape index (κ3) is 10.7. The summed E-state index contributed by atoms with van der Waals surface area (Å²) in [5.74, 6) is 0.277. The third-order valence-electron chi connectivity index (χ3n) is 8.77. The Hall–Kier alpha value is -6.82. The maximum Gasteiger partial charge on any atom is 0.354 e. The van der Waals surface area contributed by atoms with Crippen LogP contribution in [0.2, 0.25) is 15.1 Å². The number of rotatable bonds is 13. The summed E-state index contributed by atoms with van der Waals surface area (Å²) in [7, 11) is 0. The second-order valence-corrected chi connectivity index (χ2v) is 14.1. The largest absolute Gasteiger partial charge is 0.462 e. The van der Waals surface area contributed by atoms with Crippen molar-refractivity contribution in [3.05, 3.63) is 177 Å². The van der Waals surface area contributed by atoms with Gasteiger partial charge in [-0.1, -0.05) is 59.1 Å². The number of nitrogens with one attached hydrogen (secondary N) is 1. The Kier molecular flexibility index (Phi) is 14.3. The van der Waals surface area contributed by atoms with E-state index in [0.29, 0.717) is 21.5 Å². The Balaban J connectivity index is 0.000000230. The predicted molar refractivity (Wildman–Crippen MR) is 230 cm³/mol. The van der Waals surface area contributed by atoms with Gasteiger partial charge in [0.1, 0.15) is 10.8 Å². The minimum Gasteiger partial charge on any atom is -0.462 e. The summed E-state index contributed by atoms with van der Waals surface area (Å²) in [4.78, 5) is 74.2. The summed E-state index contributed by atoms with van der Waals surface area (Å²) in [5.41, 5.74) is 0.294. The van der Waals surface area contributed by atoms with Crippen molar-refractivity contribution in [2.24, 2.45) is 0 Å². The molecule has 0 fully saturated rings. The van der Waals surface area contributed by atoms with Crippen LogP contribution in [-0.2, 0) is 30.9 Å². The molecule has 4 aromatic heterocycles. The lowest BCUT2D eigenvalue weighted by atomic mass is 10.2. The van der Waals surface area contributed by atoms with Crippen LogP contribution < -0.4 is 32.8 Å². The topological polar surface area (TPSA) is 192 Å². The molecule has 0 aliphatic heterocycles. The van der Waals surface area contributed by atoms with Crippen molar-refractivity contribution in [2.45, 2.75) is 47.0 Å². The lowest BCUT2D eigenvalue weighted by Crippen LogP contribution is -2.43. The smallest absolute Gasteiger partial charge is 0.354 e. The molecule has 0 unspecified atom stereocenters. The number of aromatic nitrogens is 9. The second-order valence-electron chi connectivity index (χ2n) is 12.8. The van der Waals surface area contributed by atoms with Gasteiger partial charge in [-0.25, -0.2) is 42.8 Å². The highest BCUT2D eigenvalue weighted by Gasteiger charge is 2.17. The van der Waals surface area contributed by atoms with Crippen molar-refractivity contribution in [1.29, 1.82) is 0 Å². The van der Waals surface area contributed by atoms with Gasteiger partial charge in [-0.15, -0.1) is 0 Å². The molecule has 61 heavy (non-hydrogen) atoms. The average molecular weight is 888 g/mol. The fourth-order valence-corrected chi connectivity index (χ4v) is 6.20. The van der Waals surface area contributed by atoms with E-state index in [0.717, 1.165) is 20.3 Å². The number of carbonyl (C=O) groups excluding carboxylic acids is 1. The highest BCUT2D eigenvalue weighted by atomic mass is 35.5. The first-order chi connectivity index (χ1) is 29.4. The number of halogens is 3. The molecule has 0 amide bonds. The lowest BCUT2D eigenvalue weighted by Gasteiger charge is -2.15. The first kappa shape index (κ1) is 43.8. The zero-order valence-electron chi connectivity index (χ0n) is 32.9. The molecule has 7 aromatic rings. The predicted octanol–water partition coefficient (Wildman–Crippen LogP) is 6.20. The van der Waals surface area contributed by atoms with Gasteiger partial charge >= 0.3 is 28.7 Å². The van der Waals surface area contributed by atoms with Crippen molar-refractivity contribution in [2.75, 3.05) is 11.9 Å². The van der Waals surface area contributed by atoms with Crippen LogP contribution in [0.25, 0.3) is 5.95 Å². The molecule has 7 rings (SSSR count). The summed E-state index contributed by atoms with van der Waals surface area (Å²) >= 11 is 18.1. The monoisotopic (exact) mass is 886 g/mol. The number of esters is 1. The first-order valence-electron chi connectivity index (χ1n) is 18.7. The molecule has 0 saturated heterocycles. The van der Waals surface area contributed by atoms with Crippen molar-refractivity contribution >= 4 is 52.4 Å². The highest BCUT2D eigenvalue weighted by molar-refractivity contribution is 6.32. The first-order valence-corrected chi connectivity index (χ1v) is 19.8. The van der Waals surface area contributed by atoms with E-state index in [1.807, 2.05) is 12.1 Å². The molecule has 1 N–H and O–H groups in total. The molecule has 0 aliphatic rings. The molecule has 17 nitrogen and oxygen atoms in total. The average Bonchev–Trinajstić information content (AvgIpc) is 3.79. The van der Waals surface area contributed by atoms with Crippen molar-refractivity contribution < 1.29 is 14.3 Å². The third-order valence-corrected chi connectivity index (χ3v) is 9.55. The summed E-state index contributed by atoms with van der Waals surface area (Å²) < 4.78 is 17.0. The number of hydrogen-bond donors (Lipinski definition) is 1. The van der Waals surface area contributed by atoms with Gasteiger partial charge in [-0.2, -0.15) is 15.1 Å². The number of nitrogens with zero attached hydrogens (tertiary/aromatic N) is 9. The summed E-state index contributed by atoms with van der Waals surface area (Å²) in [6.07, 6.45) is 4.51. The quantitative estimate of drug-likeness (QED) is 0.129. The summed E-state index contributed by atoms with van der Waals surface area (Å²) in [5, 5.41) is 8.43. The van der Waals surface area contributed by atoms with Gasteiger partial charge in [0, 0.05) is 47.4 Å². The minimum absolute atomic E-state index is 0.0904. The van der Waals surface area contributed by atoms with E-state index in [9.17, 15) is 24.0 Å². The van der Waals surface area contributed by atoms with Crippen LogP contribution in [0.15, 0.2) is 123 Å². The molecule has 0 bridgehead atoms. The Morgan fingerprint density at radius 2 is 1.30 bits per heavy atom. The van der Waals surface area contributed by atoms with Gasteiger partial charge in [0.2, 0.25) is 17.8 Å². The second kappa shape index (κ2) is 20.0. The Morgan fingerprint density at radius 1 is 0.721 bits per heavy atom. The Bertz CT molecular complexity index is 2880. The van der Waals surface area contributed by atoms with Crippen LogP contribution in [0.3, 0.4) is 0 Å². The van der Waals surface area contributed by atoms with Gasteiger partial charge in [0.25, 0.3) is 0 Å². The number of benzene rings is 3.